The summed E-state index contributed by atoms with van der Waals surface area (Å²) in [6.45, 7) is 6.20. The van der Waals surface area contributed by atoms with E-state index in [0.29, 0.717) is 0 Å². The highest BCUT2D eigenvalue weighted by atomic mass is 32.2. The summed E-state index contributed by atoms with van der Waals surface area (Å²) >= 11 is 1.84. The first-order chi connectivity index (χ1) is 8.10. The number of thioether (sulfide) groups is 1. The number of hydrogen-bond donors (Lipinski definition) is 1. The van der Waals surface area contributed by atoms with Gasteiger partial charge in [-0.25, -0.2) is 0 Å². The van der Waals surface area contributed by atoms with Gasteiger partial charge in [-0.3, -0.25) is 4.98 Å². The molecule has 0 aromatic carbocycles. The summed E-state index contributed by atoms with van der Waals surface area (Å²) in [4.78, 5) is 4.47. The molecular formula is C13H22N2OS. The van der Waals surface area contributed by atoms with Crippen LogP contribution in [0.2, 0.25) is 0 Å². The first-order valence-corrected chi connectivity index (χ1v) is 7.08. The zero-order valence-corrected chi connectivity index (χ0v) is 11.9. The van der Waals surface area contributed by atoms with E-state index >= 15 is 0 Å². The van der Waals surface area contributed by atoms with Crippen molar-refractivity contribution in [2.45, 2.75) is 39.0 Å². The van der Waals surface area contributed by atoms with E-state index in [-0.39, 0.29) is 6.04 Å². The van der Waals surface area contributed by atoms with E-state index in [2.05, 4.69) is 18.8 Å². The van der Waals surface area contributed by atoms with Crippen LogP contribution in [-0.2, 0) is 5.75 Å². The molecule has 1 heterocycles. The lowest BCUT2D eigenvalue weighted by atomic mass is 10.1. The average Bonchev–Trinajstić information content (AvgIpc) is 2.32. The van der Waals surface area contributed by atoms with E-state index in [9.17, 15) is 0 Å². The molecule has 3 nitrogen and oxygen atoms in total. The van der Waals surface area contributed by atoms with Gasteiger partial charge in [0.1, 0.15) is 5.75 Å². The molecule has 0 fully saturated rings. The maximum Gasteiger partial charge on any atom is 0.128 e. The third-order valence-electron chi connectivity index (χ3n) is 2.84. The van der Waals surface area contributed by atoms with Crippen molar-refractivity contribution >= 4 is 11.8 Å². The summed E-state index contributed by atoms with van der Waals surface area (Å²) in [7, 11) is 1.71. The first-order valence-electron chi connectivity index (χ1n) is 5.92. The predicted molar refractivity (Wildman–Crippen MR) is 74.7 cm³/mol. The van der Waals surface area contributed by atoms with E-state index < -0.39 is 0 Å². The van der Waals surface area contributed by atoms with Gasteiger partial charge in [0.15, 0.2) is 0 Å². The molecule has 0 saturated heterocycles. The Balaban J connectivity index is 2.66. The number of nitrogens with two attached hydrogens (primary N) is 1. The Morgan fingerprint density at radius 1 is 1.47 bits per heavy atom. The Morgan fingerprint density at radius 3 is 2.76 bits per heavy atom. The summed E-state index contributed by atoms with van der Waals surface area (Å²) in [5.74, 6) is 2.83. The van der Waals surface area contributed by atoms with E-state index in [1.54, 1.807) is 7.11 Å². The van der Waals surface area contributed by atoms with Gasteiger partial charge in [-0.1, -0.05) is 6.92 Å². The lowest BCUT2D eigenvalue weighted by Crippen LogP contribution is -2.21. The fraction of sp³-hybridized carbons (Fsp3) is 0.615. The molecule has 1 unspecified atom stereocenters. The highest BCUT2D eigenvalue weighted by molar-refractivity contribution is 7.98. The van der Waals surface area contributed by atoms with Crippen molar-refractivity contribution in [2.75, 3.05) is 12.9 Å². The Morgan fingerprint density at radius 2 is 2.18 bits per heavy atom. The predicted octanol–water partition coefficient (Wildman–Crippen LogP) is 2.68. The van der Waals surface area contributed by atoms with Crippen molar-refractivity contribution in [1.29, 1.82) is 0 Å². The second kappa shape index (κ2) is 6.87. The fourth-order valence-corrected chi connectivity index (χ4v) is 2.78. The van der Waals surface area contributed by atoms with E-state index in [4.69, 9.17) is 10.5 Å². The first kappa shape index (κ1) is 14.3. The standard InChI is InChI=1S/C13H22N2OS/c1-5-11(14)7-17-8-12-10(3)13(16-4)9(2)6-15-12/h6,11H,5,7-8,14H2,1-4H3. The van der Waals surface area contributed by atoms with Crippen LogP contribution in [0.15, 0.2) is 6.20 Å². The summed E-state index contributed by atoms with van der Waals surface area (Å²) in [6, 6.07) is 0.285. The van der Waals surface area contributed by atoms with Crippen LogP contribution in [0.1, 0.15) is 30.2 Å². The fourth-order valence-electron chi connectivity index (χ4n) is 1.64. The summed E-state index contributed by atoms with van der Waals surface area (Å²) in [5, 5.41) is 0. The Bertz CT molecular complexity index is 369. The van der Waals surface area contributed by atoms with Crippen LogP contribution >= 0.6 is 11.8 Å². The smallest absolute Gasteiger partial charge is 0.128 e. The molecule has 96 valence electrons. The van der Waals surface area contributed by atoms with Crippen molar-refractivity contribution in [3.05, 3.63) is 23.0 Å². The van der Waals surface area contributed by atoms with Crippen molar-refractivity contribution in [1.82, 2.24) is 4.98 Å². The maximum atomic E-state index is 5.89. The number of methoxy groups -OCH3 is 1. The molecule has 0 saturated carbocycles. The van der Waals surface area contributed by atoms with Crippen LogP contribution in [0, 0.1) is 13.8 Å². The molecule has 1 aromatic rings. The van der Waals surface area contributed by atoms with Gasteiger partial charge in [0.2, 0.25) is 0 Å². The minimum atomic E-state index is 0.285. The second-order valence-corrected chi connectivity index (χ2v) is 5.26. The molecule has 4 heteroatoms. The molecule has 1 atom stereocenters. The maximum absolute atomic E-state index is 5.89. The monoisotopic (exact) mass is 254 g/mol. The third kappa shape index (κ3) is 3.89. The number of ether oxygens (including phenoxy) is 1. The normalized spacial score (nSPS) is 12.5. The molecule has 0 aliphatic rings. The lowest BCUT2D eigenvalue weighted by molar-refractivity contribution is 0.407. The molecule has 2 N–H and O–H groups in total. The number of aryl methyl sites for hydroxylation is 1. The molecular weight excluding hydrogens is 232 g/mol. The number of rotatable bonds is 6. The van der Waals surface area contributed by atoms with Crippen LogP contribution in [-0.4, -0.2) is 23.9 Å². The molecule has 1 aromatic heterocycles. The SMILES string of the molecule is CCC(N)CSCc1ncc(C)c(OC)c1C. The van der Waals surface area contributed by atoms with Crippen molar-refractivity contribution in [3.63, 3.8) is 0 Å². The quantitative estimate of drug-likeness (QED) is 0.848. The number of nitrogens with zero attached hydrogens (tertiary/aromatic N) is 1. The molecule has 1 rings (SSSR count). The summed E-state index contributed by atoms with van der Waals surface area (Å²) < 4.78 is 5.39. The molecule has 0 aliphatic carbocycles. The Kier molecular flexibility index (Phi) is 5.78. The van der Waals surface area contributed by atoms with Gasteiger partial charge in [-0.05, 0) is 20.3 Å². The number of aromatic nitrogens is 1. The van der Waals surface area contributed by atoms with Crippen LogP contribution in [0.25, 0.3) is 0 Å². The molecule has 0 radical (unpaired) electrons. The third-order valence-corrected chi connectivity index (χ3v) is 3.99. The van der Waals surface area contributed by atoms with E-state index in [1.165, 1.54) is 0 Å². The Labute approximate surface area is 108 Å². The summed E-state index contributed by atoms with van der Waals surface area (Å²) in [5.41, 5.74) is 9.22. The average molecular weight is 254 g/mol. The minimum absolute atomic E-state index is 0.285. The zero-order chi connectivity index (χ0) is 12.8. The molecule has 0 aliphatic heterocycles. The van der Waals surface area contributed by atoms with E-state index in [1.807, 2.05) is 24.9 Å². The van der Waals surface area contributed by atoms with Gasteiger partial charge >= 0.3 is 0 Å². The van der Waals surface area contributed by atoms with Gasteiger partial charge in [0.05, 0.1) is 12.8 Å². The van der Waals surface area contributed by atoms with Gasteiger partial charge < -0.3 is 10.5 Å². The van der Waals surface area contributed by atoms with Crippen molar-refractivity contribution < 1.29 is 4.74 Å². The molecule has 0 spiro atoms. The van der Waals surface area contributed by atoms with Crippen LogP contribution in [0.3, 0.4) is 0 Å². The van der Waals surface area contributed by atoms with Gasteiger partial charge in [0, 0.05) is 34.9 Å². The molecule has 0 bridgehead atoms. The van der Waals surface area contributed by atoms with Crippen molar-refractivity contribution in [3.8, 4) is 5.75 Å². The highest BCUT2D eigenvalue weighted by Crippen LogP contribution is 2.26. The molecule has 0 amide bonds. The van der Waals surface area contributed by atoms with Gasteiger partial charge in [-0.15, -0.1) is 0 Å². The number of hydrogen-bond acceptors (Lipinski definition) is 4. The topological polar surface area (TPSA) is 48.1 Å². The van der Waals surface area contributed by atoms with Gasteiger partial charge in [-0.2, -0.15) is 11.8 Å². The minimum Gasteiger partial charge on any atom is -0.496 e. The highest BCUT2D eigenvalue weighted by Gasteiger charge is 2.09. The number of pyridine rings is 1. The van der Waals surface area contributed by atoms with Crippen LogP contribution < -0.4 is 10.5 Å². The Hall–Kier alpha value is -0.740. The van der Waals surface area contributed by atoms with E-state index in [0.717, 1.165) is 40.5 Å². The van der Waals surface area contributed by atoms with Crippen molar-refractivity contribution in [2.24, 2.45) is 5.73 Å². The lowest BCUT2D eigenvalue weighted by Gasteiger charge is -2.13. The summed E-state index contributed by atoms with van der Waals surface area (Å²) in [6.07, 6.45) is 2.90. The van der Waals surface area contributed by atoms with Crippen LogP contribution in [0.4, 0.5) is 0 Å². The largest absolute Gasteiger partial charge is 0.496 e. The second-order valence-electron chi connectivity index (χ2n) is 4.23. The molecule has 17 heavy (non-hydrogen) atoms. The van der Waals surface area contributed by atoms with Gasteiger partial charge in [0.25, 0.3) is 0 Å². The van der Waals surface area contributed by atoms with Crippen LogP contribution in [0.5, 0.6) is 5.75 Å². The zero-order valence-electron chi connectivity index (χ0n) is 11.1.